The molecule has 18 heavy (non-hydrogen) atoms. The lowest BCUT2D eigenvalue weighted by molar-refractivity contribution is 0.0695. The number of hydrogen-bond donors (Lipinski definition) is 2. The molecule has 3 N–H and O–H groups in total. The van der Waals surface area contributed by atoms with Crippen LogP contribution in [0.1, 0.15) is 24.9 Å². The lowest BCUT2D eigenvalue weighted by atomic mass is 10.1. The molecule has 0 heterocycles. The van der Waals surface area contributed by atoms with E-state index in [1.807, 2.05) is 36.2 Å². The van der Waals surface area contributed by atoms with Crippen LogP contribution < -0.4 is 10.6 Å². The van der Waals surface area contributed by atoms with Crippen LogP contribution in [0.2, 0.25) is 0 Å². The van der Waals surface area contributed by atoms with Crippen LogP contribution in [0.4, 0.5) is 5.69 Å². The number of nitrogens with zero attached hydrogens (tertiary/aromatic N) is 1. The Labute approximate surface area is 109 Å². The van der Waals surface area contributed by atoms with Crippen LogP contribution in [-0.2, 0) is 4.74 Å². The van der Waals surface area contributed by atoms with Gasteiger partial charge in [-0.1, -0.05) is 19.1 Å². The van der Waals surface area contributed by atoms with Crippen LogP contribution in [0.3, 0.4) is 0 Å². The Morgan fingerprint density at radius 2 is 1.94 bits per heavy atom. The van der Waals surface area contributed by atoms with E-state index in [9.17, 15) is 5.11 Å². The molecule has 102 valence electrons. The van der Waals surface area contributed by atoms with Crippen LogP contribution in [0.5, 0.6) is 0 Å². The van der Waals surface area contributed by atoms with Crippen molar-refractivity contribution in [2.24, 2.45) is 5.73 Å². The minimum absolute atomic E-state index is 0.100. The van der Waals surface area contributed by atoms with Crippen LogP contribution in [0, 0.1) is 0 Å². The molecule has 0 aliphatic carbocycles. The highest BCUT2D eigenvalue weighted by atomic mass is 16.5. The Morgan fingerprint density at radius 3 is 2.44 bits per heavy atom. The van der Waals surface area contributed by atoms with Crippen LogP contribution in [0.25, 0.3) is 0 Å². The molecule has 0 bridgehead atoms. The Hall–Kier alpha value is -1.10. The van der Waals surface area contributed by atoms with Crippen LogP contribution in [-0.4, -0.2) is 38.5 Å². The summed E-state index contributed by atoms with van der Waals surface area (Å²) in [7, 11) is 3.54. The number of anilines is 1. The average Bonchev–Trinajstić information content (AvgIpc) is 2.38. The third kappa shape index (κ3) is 4.29. The summed E-state index contributed by atoms with van der Waals surface area (Å²) in [5, 5.41) is 9.68. The van der Waals surface area contributed by atoms with Crippen molar-refractivity contribution < 1.29 is 9.84 Å². The van der Waals surface area contributed by atoms with Crippen molar-refractivity contribution in [2.75, 3.05) is 32.2 Å². The van der Waals surface area contributed by atoms with Gasteiger partial charge < -0.3 is 20.5 Å². The summed E-state index contributed by atoms with van der Waals surface area (Å²) in [6.07, 6.45) is 0.458. The maximum atomic E-state index is 9.68. The first-order valence-corrected chi connectivity index (χ1v) is 6.32. The molecule has 2 unspecified atom stereocenters. The van der Waals surface area contributed by atoms with E-state index in [4.69, 9.17) is 10.5 Å². The summed E-state index contributed by atoms with van der Waals surface area (Å²) < 4.78 is 4.91. The summed E-state index contributed by atoms with van der Waals surface area (Å²) in [5.41, 5.74) is 8.18. The second-order valence-electron chi connectivity index (χ2n) is 4.60. The number of methoxy groups -OCH3 is 1. The molecule has 0 spiro atoms. The molecule has 1 aromatic rings. The second-order valence-corrected chi connectivity index (χ2v) is 4.60. The van der Waals surface area contributed by atoms with Crippen LogP contribution >= 0.6 is 0 Å². The van der Waals surface area contributed by atoms with Gasteiger partial charge >= 0.3 is 0 Å². The third-order valence-electron chi connectivity index (χ3n) is 3.05. The molecule has 0 saturated heterocycles. The van der Waals surface area contributed by atoms with E-state index in [2.05, 4.69) is 6.92 Å². The fraction of sp³-hybridized carbons (Fsp3) is 0.571. The van der Waals surface area contributed by atoms with Gasteiger partial charge in [0.2, 0.25) is 0 Å². The van der Waals surface area contributed by atoms with Gasteiger partial charge in [-0.05, 0) is 24.1 Å². The topological polar surface area (TPSA) is 58.7 Å². The van der Waals surface area contributed by atoms with Gasteiger partial charge in [-0.2, -0.15) is 0 Å². The van der Waals surface area contributed by atoms with Gasteiger partial charge in [0.25, 0.3) is 0 Å². The standard InChI is InChI=1S/C14H24N2O2/c1-4-14(15)11-5-7-12(8-6-11)16(2)9-13(17)10-18-3/h5-8,13-14,17H,4,9-10,15H2,1-3H3. The van der Waals surface area contributed by atoms with E-state index in [1.165, 1.54) is 0 Å². The van der Waals surface area contributed by atoms with E-state index in [1.54, 1.807) is 7.11 Å². The smallest absolute Gasteiger partial charge is 0.0947 e. The Kier molecular flexibility index (Phi) is 6.12. The van der Waals surface area contributed by atoms with Gasteiger partial charge in [0.1, 0.15) is 0 Å². The number of aliphatic hydroxyl groups excluding tert-OH is 1. The van der Waals surface area contributed by atoms with Crippen molar-refractivity contribution in [1.29, 1.82) is 0 Å². The van der Waals surface area contributed by atoms with Crippen molar-refractivity contribution in [3.8, 4) is 0 Å². The molecule has 0 saturated carbocycles. The molecular formula is C14H24N2O2. The molecule has 1 rings (SSSR count). The highest BCUT2D eigenvalue weighted by molar-refractivity contribution is 5.47. The zero-order valence-corrected chi connectivity index (χ0v) is 11.5. The number of ether oxygens (including phenoxy) is 1. The Bertz CT molecular complexity index is 340. The van der Waals surface area contributed by atoms with Crippen molar-refractivity contribution in [1.82, 2.24) is 0 Å². The summed E-state index contributed by atoms with van der Waals surface area (Å²) in [5.74, 6) is 0. The van der Waals surface area contributed by atoms with Gasteiger partial charge in [-0.3, -0.25) is 0 Å². The first kappa shape index (κ1) is 15.0. The minimum Gasteiger partial charge on any atom is -0.389 e. The number of aliphatic hydroxyl groups is 1. The zero-order chi connectivity index (χ0) is 13.5. The average molecular weight is 252 g/mol. The molecule has 0 fully saturated rings. The molecule has 2 atom stereocenters. The van der Waals surface area contributed by atoms with Gasteiger partial charge in [0.05, 0.1) is 12.7 Å². The summed E-state index contributed by atoms with van der Waals surface area (Å²) >= 11 is 0. The maximum Gasteiger partial charge on any atom is 0.0947 e. The van der Waals surface area contributed by atoms with Crippen molar-refractivity contribution in [3.63, 3.8) is 0 Å². The normalized spacial score (nSPS) is 14.3. The predicted molar refractivity (Wildman–Crippen MR) is 74.8 cm³/mol. The number of likely N-dealkylation sites (N-methyl/N-ethyl adjacent to an activating group) is 1. The Balaban J connectivity index is 2.61. The summed E-state index contributed by atoms with van der Waals surface area (Å²) in [4.78, 5) is 2.00. The molecule has 0 aliphatic rings. The molecular weight excluding hydrogens is 228 g/mol. The molecule has 0 amide bonds. The minimum atomic E-state index is -0.474. The highest BCUT2D eigenvalue weighted by Crippen LogP contribution is 2.19. The monoisotopic (exact) mass is 252 g/mol. The first-order valence-electron chi connectivity index (χ1n) is 6.32. The van der Waals surface area contributed by atoms with Crippen molar-refractivity contribution in [2.45, 2.75) is 25.5 Å². The van der Waals surface area contributed by atoms with E-state index < -0.39 is 6.10 Å². The molecule has 4 nitrogen and oxygen atoms in total. The van der Waals surface area contributed by atoms with E-state index in [0.717, 1.165) is 17.7 Å². The van der Waals surface area contributed by atoms with Gasteiger partial charge in [0.15, 0.2) is 0 Å². The molecule has 4 heteroatoms. The SMILES string of the molecule is CCC(N)c1ccc(N(C)CC(O)COC)cc1. The zero-order valence-electron chi connectivity index (χ0n) is 11.5. The van der Waals surface area contributed by atoms with E-state index in [0.29, 0.717) is 13.2 Å². The van der Waals surface area contributed by atoms with Gasteiger partial charge in [0, 0.05) is 32.4 Å². The Morgan fingerprint density at radius 1 is 1.33 bits per heavy atom. The first-order chi connectivity index (χ1) is 8.58. The number of nitrogens with two attached hydrogens (primary N) is 1. The van der Waals surface area contributed by atoms with Crippen molar-refractivity contribution >= 4 is 5.69 Å². The van der Waals surface area contributed by atoms with E-state index in [-0.39, 0.29) is 6.04 Å². The summed E-state index contributed by atoms with van der Waals surface area (Å²) in [6.45, 7) is 2.97. The lowest BCUT2D eigenvalue weighted by Crippen LogP contribution is -2.31. The molecule has 0 aromatic heterocycles. The number of benzene rings is 1. The quantitative estimate of drug-likeness (QED) is 0.773. The number of rotatable bonds is 7. The molecule has 1 aromatic carbocycles. The van der Waals surface area contributed by atoms with Crippen LogP contribution in [0.15, 0.2) is 24.3 Å². The number of hydrogen-bond acceptors (Lipinski definition) is 4. The fourth-order valence-electron chi connectivity index (χ4n) is 1.88. The highest BCUT2D eigenvalue weighted by Gasteiger charge is 2.09. The van der Waals surface area contributed by atoms with E-state index >= 15 is 0 Å². The largest absolute Gasteiger partial charge is 0.389 e. The third-order valence-corrected chi connectivity index (χ3v) is 3.05. The second kappa shape index (κ2) is 7.36. The lowest BCUT2D eigenvalue weighted by Gasteiger charge is -2.23. The maximum absolute atomic E-state index is 9.68. The predicted octanol–water partition coefficient (Wildman–Crippen LogP) is 1.54. The molecule has 0 radical (unpaired) electrons. The van der Waals surface area contributed by atoms with Gasteiger partial charge in [-0.15, -0.1) is 0 Å². The molecule has 0 aliphatic heterocycles. The van der Waals surface area contributed by atoms with Gasteiger partial charge in [-0.25, -0.2) is 0 Å². The fourth-order valence-corrected chi connectivity index (χ4v) is 1.88. The summed E-state index contributed by atoms with van der Waals surface area (Å²) in [6, 6.07) is 8.25. The van der Waals surface area contributed by atoms with Crippen molar-refractivity contribution in [3.05, 3.63) is 29.8 Å².